The number of likely N-dealkylation sites (N-methyl/N-ethyl adjacent to an activating group) is 1. The molecule has 2 heterocycles. The monoisotopic (exact) mass is 292 g/mol. The maximum absolute atomic E-state index is 12.0. The van der Waals surface area contributed by atoms with E-state index in [0.717, 1.165) is 5.76 Å². The van der Waals surface area contributed by atoms with Crippen molar-refractivity contribution in [1.82, 2.24) is 15.4 Å². The molecule has 2 rings (SSSR count). The van der Waals surface area contributed by atoms with Crippen LogP contribution in [0.25, 0.3) is 0 Å². The number of aryl methyl sites for hydroxylation is 2. The molecule has 2 aromatic heterocycles. The summed E-state index contributed by atoms with van der Waals surface area (Å²) >= 11 is 0. The molecular weight excluding hydrogens is 272 g/mol. The lowest BCUT2D eigenvalue weighted by atomic mass is 10.2. The van der Waals surface area contributed by atoms with E-state index >= 15 is 0 Å². The van der Waals surface area contributed by atoms with Gasteiger partial charge in [-0.05, 0) is 40.1 Å². The Morgan fingerprint density at radius 3 is 2.71 bits per heavy atom. The molecule has 0 radical (unpaired) electrons. The first-order valence-corrected chi connectivity index (χ1v) is 6.66. The predicted molar refractivity (Wildman–Crippen MR) is 78.1 cm³/mol. The van der Waals surface area contributed by atoms with Gasteiger partial charge in [0.15, 0.2) is 5.76 Å². The molecule has 0 aliphatic carbocycles. The van der Waals surface area contributed by atoms with Gasteiger partial charge in [-0.3, -0.25) is 4.90 Å². The van der Waals surface area contributed by atoms with Crippen LogP contribution in [0.4, 0.5) is 10.5 Å². The van der Waals surface area contributed by atoms with Crippen molar-refractivity contribution in [3.8, 4) is 0 Å². The third-order valence-electron chi connectivity index (χ3n) is 3.22. The molecule has 0 aliphatic heterocycles. The van der Waals surface area contributed by atoms with E-state index in [1.165, 1.54) is 0 Å². The molecule has 7 heteroatoms. The number of aromatic nitrogens is 1. The number of furan rings is 1. The van der Waals surface area contributed by atoms with Crippen LogP contribution in [0.1, 0.15) is 23.3 Å². The molecule has 114 valence electrons. The highest BCUT2D eigenvalue weighted by Gasteiger charge is 2.18. The fraction of sp³-hybridized carbons (Fsp3) is 0.429. The standard InChI is InChI=1S/C14H20N4O3/c1-9-13(10(2)21-17-9)16-14(19)15-8-11(18(3)4)12-6-5-7-20-12/h5-7,11H,8H2,1-4H3,(H2,15,16,19). The minimum absolute atomic E-state index is 0.0320. The van der Waals surface area contributed by atoms with Crippen molar-refractivity contribution in [2.45, 2.75) is 19.9 Å². The van der Waals surface area contributed by atoms with E-state index in [1.54, 1.807) is 20.1 Å². The Morgan fingerprint density at radius 2 is 2.19 bits per heavy atom. The van der Waals surface area contributed by atoms with E-state index in [9.17, 15) is 4.79 Å². The minimum Gasteiger partial charge on any atom is -0.468 e. The van der Waals surface area contributed by atoms with Crippen molar-refractivity contribution < 1.29 is 13.7 Å². The predicted octanol–water partition coefficient (Wildman–Crippen LogP) is 2.31. The van der Waals surface area contributed by atoms with Gasteiger partial charge in [0.05, 0.1) is 12.3 Å². The highest BCUT2D eigenvalue weighted by molar-refractivity contribution is 5.90. The lowest BCUT2D eigenvalue weighted by Crippen LogP contribution is -2.36. The van der Waals surface area contributed by atoms with Crippen LogP contribution in [-0.2, 0) is 0 Å². The third-order valence-corrected chi connectivity index (χ3v) is 3.22. The number of rotatable bonds is 5. The van der Waals surface area contributed by atoms with Crippen LogP contribution in [0.3, 0.4) is 0 Å². The maximum atomic E-state index is 12.0. The first-order valence-electron chi connectivity index (χ1n) is 6.66. The number of hydrogen-bond acceptors (Lipinski definition) is 5. The summed E-state index contributed by atoms with van der Waals surface area (Å²) in [5.41, 5.74) is 1.25. The van der Waals surface area contributed by atoms with Gasteiger partial charge >= 0.3 is 6.03 Å². The van der Waals surface area contributed by atoms with Gasteiger partial charge in [-0.2, -0.15) is 0 Å². The zero-order valence-corrected chi connectivity index (χ0v) is 12.6. The third kappa shape index (κ3) is 3.63. The van der Waals surface area contributed by atoms with Crippen LogP contribution in [0.15, 0.2) is 27.3 Å². The van der Waals surface area contributed by atoms with Gasteiger partial charge in [0.1, 0.15) is 17.1 Å². The van der Waals surface area contributed by atoms with E-state index in [4.69, 9.17) is 8.94 Å². The number of carbonyl (C=O) groups excluding carboxylic acids is 1. The Labute approximate surface area is 123 Å². The molecule has 0 fully saturated rings. The fourth-order valence-corrected chi connectivity index (χ4v) is 2.03. The van der Waals surface area contributed by atoms with Crippen molar-refractivity contribution in [3.05, 3.63) is 35.6 Å². The number of nitrogens with one attached hydrogen (secondary N) is 2. The van der Waals surface area contributed by atoms with Gasteiger partial charge in [0.2, 0.25) is 0 Å². The Bertz CT molecular complexity index is 570. The van der Waals surface area contributed by atoms with Crippen molar-refractivity contribution in [2.24, 2.45) is 0 Å². The van der Waals surface area contributed by atoms with Crippen LogP contribution in [0, 0.1) is 13.8 Å². The van der Waals surface area contributed by atoms with Crippen LogP contribution in [-0.4, -0.2) is 36.7 Å². The van der Waals surface area contributed by atoms with Gasteiger partial charge in [0, 0.05) is 6.54 Å². The van der Waals surface area contributed by atoms with E-state index in [-0.39, 0.29) is 12.1 Å². The zero-order chi connectivity index (χ0) is 15.4. The second kappa shape index (κ2) is 6.45. The largest absolute Gasteiger partial charge is 0.468 e. The minimum atomic E-state index is -0.303. The maximum Gasteiger partial charge on any atom is 0.319 e. The van der Waals surface area contributed by atoms with Gasteiger partial charge in [-0.15, -0.1) is 0 Å². The van der Waals surface area contributed by atoms with Crippen molar-refractivity contribution in [1.29, 1.82) is 0 Å². The molecule has 2 aromatic rings. The number of anilines is 1. The number of nitrogens with zero attached hydrogens (tertiary/aromatic N) is 2. The van der Waals surface area contributed by atoms with Crippen LogP contribution in [0.5, 0.6) is 0 Å². The van der Waals surface area contributed by atoms with Crippen molar-refractivity contribution in [2.75, 3.05) is 26.0 Å². The van der Waals surface area contributed by atoms with Gasteiger partial charge in [-0.25, -0.2) is 4.79 Å². The average Bonchev–Trinajstić information content (AvgIpc) is 3.04. The number of urea groups is 1. The molecule has 0 saturated heterocycles. The Kier molecular flexibility index (Phi) is 4.64. The Morgan fingerprint density at radius 1 is 1.43 bits per heavy atom. The van der Waals surface area contributed by atoms with Gasteiger partial charge < -0.3 is 19.6 Å². The summed E-state index contributed by atoms with van der Waals surface area (Å²) < 4.78 is 10.4. The van der Waals surface area contributed by atoms with Crippen LogP contribution < -0.4 is 10.6 Å². The zero-order valence-electron chi connectivity index (χ0n) is 12.6. The van der Waals surface area contributed by atoms with Crippen molar-refractivity contribution >= 4 is 11.7 Å². The summed E-state index contributed by atoms with van der Waals surface area (Å²) in [5, 5.41) is 9.36. The number of amides is 2. The molecule has 2 N–H and O–H groups in total. The van der Waals surface area contributed by atoms with Crippen LogP contribution in [0.2, 0.25) is 0 Å². The molecule has 7 nitrogen and oxygen atoms in total. The quantitative estimate of drug-likeness (QED) is 0.883. The summed E-state index contributed by atoms with van der Waals surface area (Å²) in [6.45, 7) is 3.95. The number of carbonyl (C=O) groups is 1. The Hall–Kier alpha value is -2.28. The summed E-state index contributed by atoms with van der Waals surface area (Å²) in [5.74, 6) is 1.38. The summed E-state index contributed by atoms with van der Waals surface area (Å²) in [4.78, 5) is 14.0. The molecule has 0 bridgehead atoms. The average molecular weight is 292 g/mol. The second-order valence-corrected chi connectivity index (χ2v) is 5.03. The van der Waals surface area contributed by atoms with Crippen molar-refractivity contribution in [3.63, 3.8) is 0 Å². The molecule has 1 atom stereocenters. The van der Waals surface area contributed by atoms with E-state index in [1.807, 2.05) is 31.1 Å². The SMILES string of the molecule is Cc1noc(C)c1NC(=O)NCC(c1ccco1)N(C)C. The summed E-state index contributed by atoms with van der Waals surface area (Å²) in [6, 6.07) is 3.38. The van der Waals surface area contributed by atoms with Crippen LogP contribution >= 0.6 is 0 Å². The highest BCUT2D eigenvalue weighted by Crippen LogP contribution is 2.19. The van der Waals surface area contributed by atoms with E-state index < -0.39 is 0 Å². The van der Waals surface area contributed by atoms with E-state index in [2.05, 4.69) is 15.8 Å². The second-order valence-electron chi connectivity index (χ2n) is 5.03. The smallest absolute Gasteiger partial charge is 0.319 e. The highest BCUT2D eigenvalue weighted by atomic mass is 16.5. The lowest BCUT2D eigenvalue weighted by Gasteiger charge is -2.22. The molecule has 0 spiro atoms. The first-order chi connectivity index (χ1) is 9.99. The molecule has 0 saturated carbocycles. The Balaban J connectivity index is 1.94. The molecule has 21 heavy (non-hydrogen) atoms. The topological polar surface area (TPSA) is 83.5 Å². The normalized spacial score (nSPS) is 12.4. The first kappa shape index (κ1) is 15.1. The molecule has 0 aromatic carbocycles. The van der Waals surface area contributed by atoms with E-state index in [0.29, 0.717) is 23.7 Å². The van der Waals surface area contributed by atoms with Gasteiger partial charge in [0.25, 0.3) is 0 Å². The summed E-state index contributed by atoms with van der Waals surface area (Å²) in [7, 11) is 3.86. The fourth-order valence-electron chi connectivity index (χ4n) is 2.03. The molecule has 0 aliphatic rings. The number of hydrogen-bond donors (Lipinski definition) is 2. The molecule has 1 unspecified atom stereocenters. The summed E-state index contributed by atoms with van der Waals surface area (Å²) in [6.07, 6.45) is 1.62. The molecule has 2 amide bonds. The molecular formula is C14H20N4O3. The lowest BCUT2D eigenvalue weighted by molar-refractivity contribution is 0.233. The van der Waals surface area contributed by atoms with Gasteiger partial charge in [-0.1, -0.05) is 5.16 Å².